The topological polar surface area (TPSA) is 76.4 Å². The lowest BCUT2D eigenvalue weighted by Crippen LogP contribution is -2.22. The molecule has 4 rings (SSSR count). The molecule has 1 heterocycles. The summed E-state index contributed by atoms with van der Waals surface area (Å²) in [5.41, 5.74) is 3.14. The van der Waals surface area contributed by atoms with Crippen LogP contribution in [0.4, 0.5) is 0 Å². The highest BCUT2D eigenvalue weighted by Crippen LogP contribution is 2.31. The first-order chi connectivity index (χ1) is 13.8. The van der Waals surface area contributed by atoms with Crippen molar-refractivity contribution >= 4 is 37.5 Å². The predicted molar refractivity (Wildman–Crippen MR) is 115 cm³/mol. The summed E-state index contributed by atoms with van der Waals surface area (Å²) in [7, 11) is -3.07. The number of carbonyl (C=O) groups excluding carboxylic acids is 1. The number of benzene rings is 3. The molecule has 1 aromatic heterocycles. The normalized spacial score (nSPS) is 11.8. The minimum Gasteiger partial charge on any atom is -0.450 e. The first-order valence-corrected chi connectivity index (χ1v) is 11.3. The molecule has 3 aromatic carbocycles. The summed E-state index contributed by atoms with van der Waals surface area (Å²) in [5.74, 6) is 0.0410. The van der Waals surface area contributed by atoms with Crippen LogP contribution in [-0.2, 0) is 22.1 Å². The van der Waals surface area contributed by atoms with Crippen molar-refractivity contribution in [2.24, 2.45) is 0 Å². The van der Waals surface area contributed by atoms with E-state index in [0.717, 1.165) is 38.4 Å². The van der Waals surface area contributed by atoms with E-state index >= 15 is 0 Å². The van der Waals surface area contributed by atoms with Crippen molar-refractivity contribution in [3.8, 4) is 0 Å². The smallest absolute Gasteiger partial charge is 0.287 e. The molecular weight excluding hydrogens is 386 g/mol. The number of sulfone groups is 1. The van der Waals surface area contributed by atoms with E-state index in [1.54, 1.807) is 12.1 Å². The molecule has 0 bridgehead atoms. The molecule has 0 aliphatic carbocycles. The van der Waals surface area contributed by atoms with Gasteiger partial charge in [-0.15, -0.1) is 0 Å². The van der Waals surface area contributed by atoms with E-state index in [1.807, 2.05) is 55.5 Å². The second-order valence-electron chi connectivity index (χ2n) is 7.29. The van der Waals surface area contributed by atoms with E-state index in [2.05, 4.69) is 5.32 Å². The Balaban J connectivity index is 1.53. The molecule has 29 heavy (non-hydrogen) atoms. The Morgan fingerprint density at radius 3 is 2.34 bits per heavy atom. The van der Waals surface area contributed by atoms with Gasteiger partial charge >= 0.3 is 0 Å². The van der Waals surface area contributed by atoms with Crippen LogP contribution in [-0.4, -0.2) is 20.6 Å². The maximum atomic E-state index is 12.7. The van der Waals surface area contributed by atoms with Gasteiger partial charge in [-0.1, -0.05) is 60.7 Å². The Labute approximate surface area is 169 Å². The fraction of sp³-hybridized carbons (Fsp3) is 0.174. The predicted octanol–water partition coefficient (Wildman–Crippen LogP) is 4.37. The fourth-order valence-corrected chi connectivity index (χ4v) is 4.28. The number of carbonyl (C=O) groups is 1. The Bertz CT molecular complexity index is 1320. The van der Waals surface area contributed by atoms with Crippen molar-refractivity contribution in [3.05, 3.63) is 83.1 Å². The van der Waals surface area contributed by atoms with Crippen molar-refractivity contribution in [2.75, 3.05) is 6.26 Å². The largest absolute Gasteiger partial charge is 0.450 e. The molecule has 0 spiro atoms. The van der Waals surface area contributed by atoms with Gasteiger partial charge < -0.3 is 9.73 Å². The Kier molecular flexibility index (Phi) is 4.88. The number of aryl methyl sites for hydroxylation is 1. The van der Waals surface area contributed by atoms with Crippen molar-refractivity contribution in [3.63, 3.8) is 0 Å². The maximum Gasteiger partial charge on any atom is 0.287 e. The summed E-state index contributed by atoms with van der Waals surface area (Å²) >= 11 is 0. The molecule has 0 saturated carbocycles. The van der Waals surface area contributed by atoms with E-state index in [0.29, 0.717) is 12.3 Å². The molecule has 0 saturated heterocycles. The zero-order valence-corrected chi connectivity index (χ0v) is 17.0. The molecule has 0 unspecified atom stereocenters. The standard InChI is InChI=1S/C23H21NO4S/c1-15-19-12-11-18-5-3-4-6-20(18)22(19)28-21(15)23(25)24-13-16-7-9-17(10-8-16)14-29(2,26)27/h3-12H,13-14H2,1-2H3,(H,24,25). The number of rotatable bonds is 5. The van der Waals surface area contributed by atoms with E-state index in [1.165, 1.54) is 6.26 Å². The van der Waals surface area contributed by atoms with Crippen molar-refractivity contribution in [1.29, 1.82) is 0 Å². The first kappa shape index (κ1) is 19.2. The third-order valence-electron chi connectivity index (χ3n) is 4.94. The first-order valence-electron chi connectivity index (χ1n) is 9.26. The number of fused-ring (bicyclic) bond motifs is 3. The highest BCUT2D eigenvalue weighted by Gasteiger charge is 2.18. The van der Waals surface area contributed by atoms with Crippen LogP contribution in [0.2, 0.25) is 0 Å². The average Bonchev–Trinajstić information content (AvgIpc) is 3.03. The quantitative estimate of drug-likeness (QED) is 0.533. The van der Waals surface area contributed by atoms with Crippen molar-refractivity contribution < 1.29 is 17.6 Å². The lowest BCUT2D eigenvalue weighted by molar-refractivity contribution is 0.0924. The summed E-state index contributed by atoms with van der Waals surface area (Å²) in [5, 5.41) is 5.86. The molecule has 0 radical (unpaired) electrons. The van der Waals surface area contributed by atoms with Gasteiger partial charge in [-0.25, -0.2) is 8.42 Å². The van der Waals surface area contributed by atoms with Crippen LogP contribution in [0.3, 0.4) is 0 Å². The lowest BCUT2D eigenvalue weighted by Gasteiger charge is -2.06. The van der Waals surface area contributed by atoms with Gasteiger partial charge in [-0.2, -0.15) is 0 Å². The molecular formula is C23H21NO4S. The molecule has 0 aliphatic heterocycles. The lowest BCUT2D eigenvalue weighted by atomic mass is 10.1. The van der Waals surface area contributed by atoms with Gasteiger partial charge in [0.15, 0.2) is 15.6 Å². The fourth-order valence-electron chi connectivity index (χ4n) is 3.48. The molecule has 1 amide bonds. The minimum absolute atomic E-state index is 0.00573. The SMILES string of the molecule is Cc1c(C(=O)NCc2ccc(CS(C)(=O)=O)cc2)oc2c1ccc1ccccc12. The minimum atomic E-state index is -3.07. The Morgan fingerprint density at radius 2 is 1.62 bits per heavy atom. The summed E-state index contributed by atoms with van der Waals surface area (Å²) in [6, 6.07) is 19.1. The molecule has 148 valence electrons. The van der Waals surface area contributed by atoms with Gasteiger partial charge in [-0.3, -0.25) is 4.79 Å². The van der Waals surface area contributed by atoms with Gasteiger partial charge in [0.05, 0.1) is 5.75 Å². The van der Waals surface area contributed by atoms with Crippen LogP contribution in [0, 0.1) is 6.92 Å². The zero-order valence-electron chi connectivity index (χ0n) is 16.2. The van der Waals surface area contributed by atoms with Crippen molar-refractivity contribution in [1.82, 2.24) is 5.32 Å². The van der Waals surface area contributed by atoms with Gasteiger partial charge in [0, 0.05) is 29.1 Å². The number of nitrogens with one attached hydrogen (secondary N) is 1. The third-order valence-corrected chi connectivity index (χ3v) is 5.80. The van der Waals surface area contributed by atoms with Gasteiger partial charge in [0.2, 0.25) is 0 Å². The molecule has 1 N–H and O–H groups in total. The highest BCUT2D eigenvalue weighted by atomic mass is 32.2. The highest BCUT2D eigenvalue weighted by molar-refractivity contribution is 7.89. The average molecular weight is 407 g/mol. The van der Waals surface area contributed by atoms with Gasteiger partial charge in [-0.05, 0) is 23.4 Å². The molecule has 0 aliphatic rings. The number of furan rings is 1. The summed E-state index contributed by atoms with van der Waals surface area (Å²) in [4.78, 5) is 12.7. The Hall–Kier alpha value is -3.12. The van der Waals surface area contributed by atoms with E-state index in [9.17, 15) is 13.2 Å². The monoisotopic (exact) mass is 407 g/mol. The summed E-state index contributed by atoms with van der Waals surface area (Å²) in [6.45, 7) is 2.21. The van der Waals surface area contributed by atoms with Crippen LogP contribution < -0.4 is 5.32 Å². The van der Waals surface area contributed by atoms with Crippen LogP contribution in [0.15, 0.2) is 65.1 Å². The summed E-state index contributed by atoms with van der Waals surface area (Å²) < 4.78 is 28.7. The second-order valence-corrected chi connectivity index (χ2v) is 9.43. The van der Waals surface area contributed by atoms with Crippen LogP contribution >= 0.6 is 0 Å². The Morgan fingerprint density at radius 1 is 0.931 bits per heavy atom. The number of amides is 1. The van der Waals surface area contributed by atoms with Crippen LogP contribution in [0.25, 0.3) is 21.7 Å². The van der Waals surface area contributed by atoms with Gasteiger partial charge in [0.25, 0.3) is 5.91 Å². The van der Waals surface area contributed by atoms with Gasteiger partial charge in [0.1, 0.15) is 5.58 Å². The number of hydrogen-bond donors (Lipinski definition) is 1. The number of hydrogen-bond acceptors (Lipinski definition) is 4. The van der Waals surface area contributed by atoms with E-state index in [4.69, 9.17) is 4.42 Å². The molecule has 6 heteroatoms. The molecule has 5 nitrogen and oxygen atoms in total. The maximum absolute atomic E-state index is 12.7. The van der Waals surface area contributed by atoms with Crippen LogP contribution in [0.1, 0.15) is 27.2 Å². The second kappa shape index (κ2) is 7.37. The third kappa shape index (κ3) is 4.03. The van der Waals surface area contributed by atoms with Crippen molar-refractivity contribution in [2.45, 2.75) is 19.2 Å². The molecule has 0 fully saturated rings. The zero-order chi connectivity index (χ0) is 20.6. The van der Waals surface area contributed by atoms with E-state index in [-0.39, 0.29) is 11.7 Å². The summed E-state index contributed by atoms with van der Waals surface area (Å²) in [6.07, 6.45) is 1.21. The molecule has 4 aromatic rings. The van der Waals surface area contributed by atoms with Crippen LogP contribution in [0.5, 0.6) is 0 Å². The van der Waals surface area contributed by atoms with E-state index < -0.39 is 9.84 Å². The molecule has 0 atom stereocenters.